The van der Waals surface area contributed by atoms with E-state index in [1.807, 2.05) is 6.92 Å². The van der Waals surface area contributed by atoms with Crippen LogP contribution in [0.25, 0.3) is 0 Å². The van der Waals surface area contributed by atoms with Crippen molar-refractivity contribution in [3.05, 3.63) is 0 Å². The molecule has 0 spiro atoms. The number of nitrogens with one attached hydrogen (secondary N) is 1. The van der Waals surface area contributed by atoms with Crippen LogP contribution in [0.1, 0.15) is 39.0 Å². The van der Waals surface area contributed by atoms with Gasteiger partial charge in [-0.2, -0.15) is 0 Å². The Kier molecular flexibility index (Phi) is 3.61. The zero-order valence-corrected chi connectivity index (χ0v) is 12.0. The summed E-state index contributed by atoms with van der Waals surface area (Å²) >= 11 is 0. The lowest BCUT2D eigenvalue weighted by Gasteiger charge is -2.36. The number of carbonyl (C=O) groups excluding carboxylic acids is 1. The topological polar surface area (TPSA) is 69.6 Å². The zero-order chi connectivity index (χ0) is 14.3. The molecule has 2 amide bonds. The van der Waals surface area contributed by atoms with Gasteiger partial charge in [0.15, 0.2) is 0 Å². The number of rotatable bonds is 2. The number of likely N-dealkylation sites (tertiary alicyclic amines) is 1. The van der Waals surface area contributed by atoms with E-state index in [4.69, 9.17) is 5.11 Å². The van der Waals surface area contributed by atoms with Gasteiger partial charge in [-0.3, -0.25) is 4.79 Å². The number of carboxylic acids is 1. The van der Waals surface area contributed by atoms with Crippen molar-refractivity contribution in [2.45, 2.75) is 45.1 Å². The highest BCUT2D eigenvalue weighted by Gasteiger charge is 2.41. The number of hydrogen-bond acceptors (Lipinski definition) is 2. The maximum Gasteiger partial charge on any atom is 0.317 e. The summed E-state index contributed by atoms with van der Waals surface area (Å²) in [4.78, 5) is 25.2. The molecule has 2 N–H and O–H groups in total. The van der Waals surface area contributed by atoms with Crippen molar-refractivity contribution in [1.29, 1.82) is 0 Å². The molecule has 112 valence electrons. The molecule has 20 heavy (non-hydrogen) atoms. The van der Waals surface area contributed by atoms with E-state index in [9.17, 15) is 9.59 Å². The molecule has 1 heterocycles. The largest absolute Gasteiger partial charge is 0.481 e. The Morgan fingerprint density at radius 2 is 1.95 bits per heavy atom. The summed E-state index contributed by atoms with van der Waals surface area (Å²) < 4.78 is 0. The molecule has 3 rings (SSSR count). The molecule has 0 aromatic heterocycles. The number of carboxylic acid groups (broad SMARTS) is 1. The summed E-state index contributed by atoms with van der Waals surface area (Å²) in [7, 11) is 0. The monoisotopic (exact) mass is 280 g/mol. The number of amides is 2. The number of nitrogens with zero attached hydrogens (tertiary/aromatic N) is 1. The van der Waals surface area contributed by atoms with Crippen LogP contribution in [0.3, 0.4) is 0 Å². The van der Waals surface area contributed by atoms with Gasteiger partial charge in [0, 0.05) is 19.1 Å². The van der Waals surface area contributed by atoms with Crippen LogP contribution < -0.4 is 5.32 Å². The Morgan fingerprint density at radius 3 is 2.55 bits per heavy atom. The maximum absolute atomic E-state index is 12.4. The molecule has 0 radical (unpaired) electrons. The number of hydrogen-bond donors (Lipinski definition) is 2. The number of aliphatic carboxylic acids is 1. The molecule has 5 unspecified atom stereocenters. The molecule has 5 atom stereocenters. The van der Waals surface area contributed by atoms with E-state index in [0.29, 0.717) is 31.5 Å². The fraction of sp³-hybridized carbons (Fsp3) is 0.867. The number of fused-ring (bicyclic) bond motifs is 2. The van der Waals surface area contributed by atoms with Crippen molar-refractivity contribution in [2.75, 3.05) is 13.1 Å². The molecule has 5 nitrogen and oxygen atoms in total. The van der Waals surface area contributed by atoms with Crippen LogP contribution in [0, 0.1) is 23.7 Å². The Balaban J connectivity index is 1.57. The molecule has 1 saturated heterocycles. The van der Waals surface area contributed by atoms with E-state index in [1.54, 1.807) is 4.90 Å². The summed E-state index contributed by atoms with van der Waals surface area (Å²) in [5, 5.41) is 12.3. The van der Waals surface area contributed by atoms with Crippen LogP contribution in [0.5, 0.6) is 0 Å². The summed E-state index contributed by atoms with van der Waals surface area (Å²) in [5.41, 5.74) is 0. The average Bonchev–Trinajstić information content (AvgIpc) is 3.00. The number of urea groups is 1. The van der Waals surface area contributed by atoms with Crippen LogP contribution in [0.2, 0.25) is 0 Å². The van der Waals surface area contributed by atoms with Crippen molar-refractivity contribution in [2.24, 2.45) is 23.7 Å². The van der Waals surface area contributed by atoms with Gasteiger partial charge in [0.1, 0.15) is 0 Å². The second kappa shape index (κ2) is 5.26. The first kappa shape index (κ1) is 13.7. The minimum atomic E-state index is -0.783. The minimum Gasteiger partial charge on any atom is -0.481 e. The molecule has 0 aromatic rings. The molecule has 2 saturated carbocycles. The van der Waals surface area contributed by atoms with Crippen molar-refractivity contribution < 1.29 is 14.7 Å². The highest BCUT2D eigenvalue weighted by Crippen LogP contribution is 2.44. The van der Waals surface area contributed by atoms with Crippen LogP contribution >= 0.6 is 0 Å². The molecule has 1 aliphatic heterocycles. The third-order valence-electron chi connectivity index (χ3n) is 5.34. The Bertz CT molecular complexity index is 412. The van der Waals surface area contributed by atoms with Gasteiger partial charge in [0.25, 0.3) is 0 Å². The smallest absolute Gasteiger partial charge is 0.317 e. The fourth-order valence-corrected chi connectivity index (χ4v) is 4.37. The van der Waals surface area contributed by atoms with Crippen LogP contribution in [0.15, 0.2) is 0 Å². The van der Waals surface area contributed by atoms with Crippen LogP contribution in [0.4, 0.5) is 4.79 Å². The molecular formula is C15H24N2O3. The lowest BCUT2D eigenvalue weighted by molar-refractivity contribution is -0.143. The zero-order valence-electron chi connectivity index (χ0n) is 12.0. The molecule has 3 aliphatic rings. The number of carbonyl (C=O) groups is 2. The molecular weight excluding hydrogens is 256 g/mol. The summed E-state index contributed by atoms with van der Waals surface area (Å²) in [6.45, 7) is 3.05. The third-order valence-corrected chi connectivity index (χ3v) is 5.34. The summed E-state index contributed by atoms with van der Waals surface area (Å²) in [6.07, 6.45) is 5.61. The standard InChI is InChI=1S/C15H24N2O3/c1-9-4-12(14(18)19)8-17(7-9)15(20)16-13-6-10-2-3-11(13)5-10/h9-13H,2-8H2,1H3,(H,16,20)(H,18,19). The quantitative estimate of drug-likeness (QED) is 0.812. The van der Waals surface area contributed by atoms with E-state index in [1.165, 1.54) is 19.3 Å². The minimum absolute atomic E-state index is 0.0552. The second-order valence-corrected chi connectivity index (χ2v) is 7.01. The van der Waals surface area contributed by atoms with E-state index in [2.05, 4.69) is 5.32 Å². The normalized spacial score (nSPS) is 39.9. The third kappa shape index (κ3) is 2.63. The predicted octanol–water partition coefficient (Wildman–Crippen LogP) is 1.93. The van der Waals surface area contributed by atoms with Gasteiger partial charge in [-0.05, 0) is 43.4 Å². The van der Waals surface area contributed by atoms with Gasteiger partial charge >= 0.3 is 12.0 Å². The Labute approximate surface area is 119 Å². The van der Waals surface area contributed by atoms with E-state index in [-0.39, 0.29) is 11.9 Å². The Morgan fingerprint density at radius 1 is 1.15 bits per heavy atom. The van der Waals surface area contributed by atoms with Crippen molar-refractivity contribution in [3.63, 3.8) is 0 Å². The van der Waals surface area contributed by atoms with E-state index < -0.39 is 11.9 Å². The number of piperidine rings is 1. The van der Waals surface area contributed by atoms with Crippen molar-refractivity contribution in [3.8, 4) is 0 Å². The van der Waals surface area contributed by atoms with Crippen molar-refractivity contribution >= 4 is 12.0 Å². The lowest BCUT2D eigenvalue weighted by atomic mass is 9.90. The predicted molar refractivity (Wildman–Crippen MR) is 74.2 cm³/mol. The highest BCUT2D eigenvalue weighted by atomic mass is 16.4. The molecule has 5 heteroatoms. The molecule has 2 aliphatic carbocycles. The second-order valence-electron chi connectivity index (χ2n) is 7.01. The van der Waals surface area contributed by atoms with Gasteiger partial charge in [-0.25, -0.2) is 4.79 Å². The lowest BCUT2D eigenvalue weighted by Crippen LogP contribution is -2.52. The molecule has 0 aromatic carbocycles. The SMILES string of the molecule is CC1CC(C(=O)O)CN(C(=O)NC2CC3CCC2C3)C1. The van der Waals surface area contributed by atoms with Gasteiger partial charge in [0.2, 0.25) is 0 Å². The van der Waals surface area contributed by atoms with Crippen LogP contribution in [-0.4, -0.2) is 41.1 Å². The van der Waals surface area contributed by atoms with Crippen molar-refractivity contribution in [1.82, 2.24) is 10.2 Å². The first-order valence-electron chi connectivity index (χ1n) is 7.81. The fourth-order valence-electron chi connectivity index (χ4n) is 4.37. The highest BCUT2D eigenvalue weighted by molar-refractivity contribution is 5.77. The van der Waals surface area contributed by atoms with Gasteiger partial charge < -0.3 is 15.3 Å². The van der Waals surface area contributed by atoms with E-state index in [0.717, 1.165) is 12.3 Å². The van der Waals surface area contributed by atoms with Gasteiger partial charge in [-0.1, -0.05) is 13.3 Å². The van der Waals surface area contributed by atoms with E-state index >= 15 is 0 Å². The molecule has 2 bridgehead atoms. The summed E-state index contributed by atoms with van der Waals surface area (Å²) in [6, 6.07) is 0.266. The summed E-state index contributed by atoms with van der Waals surface area (Å²) in [5.74, 6) is 0.521. The Hall–Kier alpha value is -1.26. The van der Waals surface area contributed by atoms with Gasteiger partial charge in [-0.15, -0.1) is 0 Å². The average molecular weight is 280 g/mol. The maximum atomic E-state index is 12.4. The van der Waals surface area contributed by atoms with Gasteiger partial charge in [0.05, 0.1) is 5.92 Å². The first-order valence-corrected chi connectivity index (χ1v) is 7.81. The molecule has 3 fully saturated rings. The van der Waals surface area contributed by atoms with Crippen LogP contribution in [-0.2, 0) is 4.79 Å². The first-order chi connectivity index (χ1) is 9.52.